The van der Waals surface area contributed by atoms with E-state index in [1.54, 1.807) is 12.1 Å². The number of pyridine rings is 1. The molecule has 3 aromatic rings. The molecule has 1 aliphatic heterocycles. The van der Waals surface area contributed by atoms with E-state index >= 15 is 0 Å². The van der Waals surface area contributed by atoms with E-state index in [-0.39, 0.29) is 22.5 Å². The third-order valence-electron chi connectivity index (χ3n) is 8.94. The molecule has 1 aromatic heterocycles. The molecule has 1 fully saturated rings. The summed E-state index contributed by atoms with van der Waals surface area (Å²) in [5, 5.41) is 26.1. The Morgan fingerprint density at radius 2 is 1.79 bits per heavy atom. The van der Waals surface area contributed by atoms with Crippen molar-refractivity contribution in [3.8, 4) is 5.75 Å². The van der Waals surface area contributed by atoms with Crippen molar-refractivity contribution in [2.75, 3.05) is 39.3 Å². The van der Waals surface area contributed by atoms with Crippen LogP contribution in [0.15, 0.2) is 59.4 Å². The molecular weight excluding hydrogens is 546 g/mol. The number of aliphatic hydroxyl groups is 1. The zero-order chi connectivity index (χ0) is 30.4. The van der Waals surface area contributed by atoms with Crippen LogP contribution in [0.1, 0.15) is 57.3 Å². The zero-order valence-electron chi connectivity index (χ0n) is 25.9. The first-order chi connectivity index (χ1) is 19.9. The van der Waals surface area contributed by atoms with Gasteiger partial charge in [-0.2, -0.15) is 0 Å². The number of piperidine rings is 1. The third-order valence-corrected chi connectivity index (χ3v) is 13.4. The maximum atomic E-state index is 12.0. The van der Waals surface area contributed by atoms with Gasteiger partial charge in [0.1, 0.15) is 5.75 Å². The summed E-state index contributed by atoms with van der Waals surface area (Å²) in [6.07, 6.45) is 2.09. The number of likely N-dealkylation sites (tertiary alicyclic amines) is 1. The SMILES string of the molecule is CC(C)(C)[Si](C)(C)OC(CNCC1(O)CCN(CCCOCc2ccccc2)CC1)c1ccc(O)c2[nH]c(=O)ccc12. The van der Waals surface area contributed by atoms with E-state index in [1.165, 1.54) is 11.6 Å². The van der Waals surface area contributed by atoms with Gasteiger partial charge in [0.05, 0.1) is 23.8 Å². The van der Waals surface area contributed by atoms with Gasteiger partial charge >= 0.3 is 0 Å². The Labute approximate surface area is 251 Å². The highest BCUT2D eigenvalue weighted by molar-refractivity contribution is 6.74. The number of fused-ring (bicyclic) bond motifs is 1. The lowest BCUT2D eigenvalue weighted by atomic mass is 9.91. The number of aromatic nitrogens is 1. The van der Waals surface area contributed by atoms with E-state index in [4.69, 9.17) is 9.16 Å². The number of phenolic OH excluding ortho intramolecular Hbond substituents is 1. The summed E-state index contributed by atoms with van der Waals surface area (Å²) < 4.78 is 12.7. The van der Waals surface area contributed by atoms with E-state index < -0.39 is 13.9 Å². The number of phenols is 1. The molecule has 0 aliphatic carbocycles. The van der Waals surface area contributed by atoms with Gasteiger partial charge < -0.3 is 34.6 Å². The van der Waals surface area contributed by atoms with Gasteiger partial charge in [-0.15, -0.1) is 0 Å². The van der Waals surface area contributed by atoms with Crippen LogP contribution in [0.3, 0.4) is 0 Å². The number of aromatic hydroxyl groups is 1. The lowest BCUT2D eigenvalue weighted by Gasteiger charge is -2.41. The van der Waals surface area contributed by atoms with E-state index in [2.05, 4.69) is 61.2 Å². The van der Waals surface area contributed by atoms with Crippen molar-refractivity contribution < 1.29 is 19.4 Å². The maximum Gasteiger partial charge on any atom is 0.248 e. The predicted octanol–water partition coefficient (Wildman–Crippen LogP) is 5.32. The molecule has 230 valence electrons. The van der Waals surface area contributed by atoms with Crippen molar-refractivity contribution in [3.05, 3.63) is 76.1 Å². The van der Waals surface area contributed by atoms with Crippen LogP contribution in [-0.4, -0.2) is 73.3 Å². The second kappa shape index (κ2) is 13.8. The summed E-state index contributed by atoms with van der Waals surface area (Å²) in [6.45, 7) is 16.1. The molecule has 4 N–H and O–H groups in total. The minimum absolute atomic E-state index is 0.00387. The quantitative estimate of drug-likeness (QED) is 0.157. The van der Waals surface area contributed by atoms with Gasteiger partial charge in [-0.1, -0.05) is 57.2 Å². The number of nitrogens with one attached hydrogen (secondary N) is 2. The lowest BCUT2D eigenvalue weighted by Crippen LogP contribution is -2.51. The Kier molecular flexibility index (Phi) is 10.7. The summed E-state index contributed by atoms with van der Waals surface area (Å²) in [4.78, 5) is 17.2. The van der Waals surface area contributed by atoms with Crippen LogP contribution in [-0.2, 0) is 15.8 Å². The first kappa shape index (κ1) is 32.4. The summed E-state index contributed by atoms with van der Waals surface area (Å²) in [5.41, 5.74) is 1.49. The first-order valence-corrected chi connectivity index (χ1v) is 18.1. The fourth-order valence-corrected chi connectivity index (χ4v) is 6.52. The Balaban J connectivity index is 1.32. The average molecular weight is 596 g/mol. The molecule has 0 amide bonds. The maximum absolute atomic E-state index is 12.0. The monoisotopic (exact) mass is 595 g/mol. The van der Waals surface area contributed by atoms with Crippen molar-refractivity contribution in [2.45, 2.75) is 76.5 Å². The van der Waals surface area contributed by atoms with Crippen molar-refractivity contribution in [1.29, 1.82) is 0 Å². The molecular formula is C33H49N3O5Si. The van der Waals surface area contributed by atoms with Crippen LogP contribution in [0.2, 0.25) is 18.1 Å². The number of nitrogens with zero attached hydrogens (tertiary/aromatic N) is 1. The summed E-state index contributed by atoms with van der Waals surface area (Å²) in [5.74, 6) is 0.0364. The second-order valence-corrected chi connectivity index (χ2v) is 18.0. The summed E-state index contributed by atoms with van der Waals surface area (Å²) >= 11 is 0. The molecule has 1 unspecified atom stereocenters. The lowest BCUT2D eigenvalue weighted by molar-refractivity contribution is -0.0228. The molecule has 0 bridgehead atoms. The predicted molar refractivity (Wildman–Crippen MR) is 171 cm³/mol. The number of hydrogen-bond acceptors (Lipinski definition) is 7. The topological polar surface area (TPSA) is 107 Å². The molecule has 0 spiro atoms. The molecule has 1 aliphatic rings. The summed E-state index contributed by atoms with van der Waals surface area (Å²) in [6, 6.07) is 17.0. The largest absolute Gasteiger partial charge is 0.506 e. The molecule has 9 heteroatoms. The molecule has 1 atom stereocenters. The van der Waals surface area contributed by atoms with Gasteiger partial charge in [-0.3, -0.25) is 4.79 Å². The van der Waals surface area contributed by atoms with E-state index in [0.717, 1.165) is 43.6 Å². The highest BCUT2D eigenvalue weighted by Crippen LogP contribution is 2.41. The van der Waals surface area contributed by atoms with Gasteiger partial charge in [0, 0.05) is 50.8 Å². The van der Waals surface area contributed by atoms with Crippen LogP contribution in [0, 0.1) is 0 Å². The van der Waals surface area contributed by atoms with Crippen LogP contribution >= 0.6 is 0 Å². The first-order valence-electron chi connectivity index (χ1n) is 15.2. The van der Waals surface area contributed by atoms with Crippen molar-refractivity contribution >= 4 is 19.2 Å². The van der Waals surface area contributed by atoms with Crippen LogP contribution in [0.25, 0.3) is 10.9 Å². The van der Waals surface area contributed by atoms with E-state index in [9.17, 15) is 15.0 Å². The Morgan fingerprint density at radius 1 is 1.07 bits per heavy atom. The van der Waals surface area contributed by atoms with Crippen molar-refractivity contribution in [3.63, 3.8) is 0 Å². The minimum atomic E-state index is -2.17. The van der Waals surface area contributed by atoms with Gasteiger partial charge in [-0.25, -0.2) is 0 Å². The highest BCUT2D eigenvalue weighted by Gasteiger charge is 2.40. The smallest absolute Gasteiger partial charge is 0.248 e. The Morgan fingerprint density at radius 3 is 2.48 bits per heavy atom. The molecule has 4 rings (SSSR count). The van der Waals surface area contributed by atoms with E-state index in [0.29, 0.717) is 38.1 Å². The van der Waals surface area contributed by atoms with Crippen molar-refractivity contribution in [1.82, 2.24) is 15.2 Å². The summed E-state index contributed by atoms with van der Waals surface area (Å²) in [7, 11) is -2.17. The zero-order valence-corrected chi connectivity index (χ0v) is 26.9. The fourth-order valence-electron chi connectivity index (χ4n) is 5.25. The van der Waals surface area contributed by atoms with Crippen molar-refractivity contribution in [2.24, 2.45) is 0 Å². The molecule has 0 saturated carbocycles. The Bertz CT molecular complexity index is 1350. The molecule has 8 nitrogen and oxygen atoms in total. The minimum Gasteiger partial charge on any atom is -0.506 e. The standard InChI is InChI=1S/C33H49N3O5Si/c1-32(2,3)42(4,5)41-29(26-12-14-28(37)31-27(26)13-15-30(38)35-31)22-34-24-33(39)16-19-36(20-17-33)18-9-21-40-23-25-10-7-6-8-11-25/h6-8,10-15,29,34,37,39H,9,16-24H2,1-5H3,(H,35,38). The van der Waals surface area contributed by atoms with Gasteiger partial charge in [0.15, 0.2) is 8.32 Å². The molecule has 2 aromatic carbocycles. The average Bonchev–Trinajstić information content (AvgIpc) is 2.94. The van der Waals surface area contributed by atoms with Crippen LogP contribution < -0.4 is 10.9 Å². The molecule has 1 saturated heterocycles. The Hall–Kier alpha value is -2.53. The fraction of sp³-hybridized carbons (Fsp3) is 0.545. The van der Waals surface area contributed by atoms with E-state index in [1.807, 2.05) is 24.3 Å². The van der Waals surface area contributed by atoms with Gasteiger partial charge in [-0.05, 0) is 60.7 Å². The number of aromatic amines is 1. The molecule has 0 radical (unpaired) electrons. The van der Waals surface area contributed by atoms with Crippen LogP contribution in [0.4, 0.5) is 0 Å². The van der Waals surface area contributed by atoms with Gasteiger partial charge in [0.25, 0.3) is 0 Å². The molecule has 2 heterocycles. The number of hydrogen-bond donors (Lipinski definition) is 4. The van der Waals surface area contributed by atoms with Gasteiger partial charge in [0.2, 0.25) is 5.56 Å². The van der Waals surface area contributed by atoms with Crippen LogP contribution in [0.5, 0.6) is 5.75 Å². The number of benzene rings is 2. The highest BCUT2D eigenvalue weighted by atomic mass is 28.4. The number of ether oxygens (including phenoxy) is 1. The number of H-pyrrole nitrogens is 1. The third kappa shape index (κ3) is 8.52. The number of rotatable bonds is 13. The normalized spacial score (nSPS) is 17.0. The molecule has 42 heavy (non-hydrogen) atoms. The second-order valence-electron chi connectivity index (χ2n) is 13.2.